The third kappa shape index (κ3) is 2.36. The van der Waals surface area contributed by atoms with E-state index in [1.165, 1.54) is 0 Å². The first-order valence-electron chi connectivity index (χ1n) is 6.11. The minimum absolute atomic E-state index is 0.174. The van der Waals surface area contributed by atoms with Crippen molar-refractivity contribution in [2.24, 2.45) is 11.8 Å². The quantitative estimate of drug-likeness (QED) is 0.895. The van der Waals surface area contributed by atoms with Crippen LogP contribution in [0, 0.1) is 23.2 Å². The van der Waals surface area contributed by atoms with Gasteiger partial charge >= 0.3 is 0 Å². The maximum absolute atomic E-state index is 9.37. The second-order valence-electron chi connectivity index (χ2n) is 4.90. The molecule has 1 atom stereocenters. The van der Waals surface area contributed by atoms with Gasteiger partial charge in [0.15, 0.2) is 0 Å². The SMILES string of the molecule is CC(C)C(CO)Cn1cnc2cc(C#N)ccc21. The Morgan fingerprint density at radius 3 is 2.83 bits per heavy atom. The Morgan fingerprint density at radius 2 is 2.22 bits per heavy atom. The molecule has 1 aromatic heterocycles. The van der Waals surface area contributed by atoms with Gasteiger partial charge in [0.1, 0.15) is 0 Å². The maximum atomic E-state index is 9.37. The number of aliphatic hydroxyl groups excluding tert-OH is 1. The Balaban J connectivity index is 2.32. The van der Waals surface area contributed by atoms with Crippen molar-refractivity contribution in [1.29, 1.82) is 5.26 Å². The van der Waals surface area contributed by atoms with Crippen molar-refractivity contribution < 1.29 is 5.11 Å². The molecule has 1 aromatic carbocycles. The fourth-order valence-electron chi connectivity index (χ4n) is 2.01. The predicted molar refractivity (Wildman–Crippen MR) is 69.9 cm³/mol. The van der Waals surface area contributed by atoms with Crippen LogP contribution in [0.2, 0.25) is 0 Å². The van der Waals surface area contributed by atoms with Crippen LogP contribution in [-0.4, -0.2) is 21.3 Å². The lowest BCUT2D eigenvalue weighted by molar-refractivity contribution is 0.174. The molecule has 2 rings (SSSR count). The Hall–Kier alpha value is -1.86. The summed E-state index contributed by atoms with van der Waals surface area (Å²) in [6.45, 7) is 5.13. The molecule has 0 aliphatic heterocycles. The number of aliphatic hydroxyl groups is 1. The van der Waals surface area contributed by atoms with Gasteiger partial charge in [-0.2, -0.15) is 5.26 Å². The van der Waals surface area contributed by atoms with Crippen LogP contribution < -0.4 is 0 Å². The van der Waals surface area contributed by atoms with E-state index in [4.69, 9.17) is 5.26 Å². The van der Waals surface area contributed by atoms with Crippen LogP contribution in [0.1, 0.15) is 19.4 Å². The summed E-state index contributed by atoms with van der Waals surface area (Å²) in [4.78, 5) is 4.30. The van der Waals surface area contributed by atoms with E-state index in [2.05, 4.69) is 24.9 Å². The zero-order valence-electron chi connectivity index (χ0n) is 10.7. The first-order valence-corrected chi connectivity index (χ1v) is 6.11. The molecular weight excluding hydrogens is 226 g/mol. The topological polar surface area (TPSA) is 61.8 Å². The van der Waals surface area contributed by atoms with Gasteiger partial charge < -0.3 is 9.67 Å². The van der Waals surface area contributed by atoms with Crippen molar-refractivity contribution in [2.45, 2.75) is 20.4 Å². The number of fused-ring (bicyclic) bond motifs is 1. The number of nitriles is 1. The van der Waals surface area contributed by atoms with Crippen molar-refractivity contribution in [3.05, 3.63) is 30.1 Å². The van der Waals surface area contributed by atoms with E-state index in [-0.39, 0.29) is 12.5 Å². The molecule has 0 aliphatic rings. The van der Waals surface area contributed by atoms with Crippen LogP contribution >= 0.6 is 0 Å². The first-order chi connectivity index (χ1) is 8.65. The average molecular weight is 243 g/mol. The zero-order chi connectivity index (χ0) is 13.1. The van der Waals surface area contributed by atoms with Crippen LogP contribution in [0.15, 0.2) is 24.5 Å². The molecule has 4 nitrogen and oxygen atoms in total. The third-order valence-electron chi connectivity index (χ3n) is 3.36. The Labute approximate surface area is 106 Å². The summed E-state index contributed by atoms with van der Waals surface area (Å²) in [5.41, 5.74) is 2.46. The third-order valence-corrected chi connectivity index (χ3v) is 3.36. The molecule has 1 heterocycles. The molecule has 0 bridgehead atoms. The molecule has 0 saturated heterocycles. The van der Waals surface area contributed by atoms with Crippen molar-refractivity contribution >= 4 is 11.0 Å². The normalized spacial score (nSPS) is 12.8. The molecule has 0 saturated carbocycles. The van der Waals surface area contributed by atoms with E-state index in [0.29, 0.717) is 11.5 Å². The van der Waals surface area contributed by atoms with Crippen LogP contribution in [0.5, 0.6) is 0 Å². The summed E-state index contributed by atoms with van der Waals surface area (Å²) >= 11 is 0. The van der Waals surface area contributed by atoms with E-state index in [1.54, 1.807) is 18.5 Å². The Morgan fingerprint density at radius 1 is 1.44 bits per heavy atom. The Bertz CT molecular complexity index is 580. The minimum atomic E-state index is 0.174. The molecule has 0 aliphatic carbocycles. The number of hydrogen-bond donors (Lipinski definition) is 1. The number of aromatic nitrogens is 2. The van der Waals surface area contributed by atoms with E-state index in [1.807, 2.05) is 10.6 Å². The summed E-state index contributed by atoms with van der Waals surface area (Å²) in [7, 11) is 0. The van der Waals surface area contributed by atoms with Gasteiger partial charge in [-0.1, -0.05) is 13.8 Å². The van der Waals surface area contributed by atoms with E-state index in [9.17, 15) is 5.11 Å². The van der Waals surface area contributed by atoms with Crippen molar-refractivity contribution in [1.82, 2.24) is 9.55 Å². The molecule has 18 heavy (non-hydrogen) atoms. The number of nitrogens with zero attached hydrogens (tertiary/aromatic N) is 3. The van der Waals surface area contributed by atoms with Gasteiger partial charge in [-0.15, -0.1) is 0 Å². The molecule has 1 N–H and O–H groups in total. The van der Waals surface area contributed by atoms with E-state index >= 15 is 0 Å². The Kier molecular flexibility index (Phi) is 3.63. The highest BCUT2D eigenvalue weighted by Gasteiger charge is 2.14. The van der Waals surface area contributed by atoms with Crippen LogP contribution in [-0.2, 0) is 6.54 Å². The van der Waals surface area contributed by atoms with E-state index in [0.717, 1.165) is 17.6 Å². The highest BCUT2D eigenvalue weighted by molar-refractivity contribution is 5.76. The number of rotatable bonds is 4. The van der Waals surface area contributed by atoms with Gasteiger partial charge in [0.2, 0.25) is 0 Å². The number of hydrogen-bond acceptors (Lipinski definition) is 3. The van der Waals surface area contributed by atoms with Crippen LogP contribution in [0.3, 0.4) is 0 Å². The summed E-state index contributed by atoms with van der Waals surface area (Å²) in [6.07, 6.45) is 1.77. The number of imidazole rings is 1. The fourth-order valence-corrected chi connectivity index (χ4v) is 2.01. The summed E-state index contributed by atoms with van der Waals surface area (Å²) in [6, 6.07) is 7.60. The molecule has 2 aromatic rings. The largest absolute Gasteiger partial charge is 0.396 e. The van der Waals surface area contributed by atoms with Gasteiger partial charge in [-0.3, -0.25) is 0 Å². The lowest BCUT2D eigenvalue weighted by Crippen LogP contribution is -2.19. The lowest BCUT2D eigenvalue weighted by atomic mass is 9.97. The molecule has 0 amide bonds. The second kappa shape index (κ2) is 5.19. The highest BCUT2D eigenvalue weighted by atomic mass is 16.3. The molecule has 94 valence electrons. The smallest absolute Gasteiger partial charge is 0.0992 e. The predicted octanol–water partition coefficient (Wildman–Crippen LogP) is 2.17. The average Bonchev–Trinajstić information content (AvgIpc) is 2.77. The van der Waals surface area contributed by atoms with Crippen LogP contribution in [0.4, 0.5) is 0 Å². The van der Waals surface area contributed by atoms with Crippen molar-refractivity contribution in [3.8, 4) is 6.07 Å². The minimum Gasteiger partial charge on any atom is -0.396 e. The summed E-state index contributed by atoms with van der Waals surface area (Å²) < 4.78 is 2.04. The van der Waals surface area contributed by atoms with Crippen molar-refractivity contribution in [3.63, 3.8) is 0 Å². The zero-order valence-corrected chi connectivity index (χ0v) is 10.7. The molecule has 0 radical (unpaired) electrons. The molecule has 4 heteroatoms. The highest BCUT2D eigenvalue weighted by Crippen LogP contribution is 2.19. The van der Waals surface area contributed by atoms with Gasteiger partial charge in [-0.25, -0.2) is 4.98 Å². The monoisotopic (exact) mass is 243 g/mol. The lowest BCUT2D eigenvalue weighted by Gasteiger charge is -2.19. The maximum Gasteiger partial charge on any atom is 0.0992 e. The second-order valence-corrected chi connectivity index (χ2v) is 4.90. The first kappa shape index (κ1) is 12.6. The molecule has 0 fully saturated rings. The molecule has 1 unspecified atom stereocenters. The van der Waals surface area contributed by atoms with Crippen LogP contribution in [0.25, 0.3) is 11.0 Å². The standard InChI is InChI=1S/C14H17N3O/c1-10(2)12(8-18)7-17-9-16-13-5-11(6-15)3-4-14(13)17/h3-5,9-10,12,18H,7-8H2,1-2H3. The van der Waals surface area contributed by atoms with Gasteiger partial charge in [0, 0.05) is 19.1 Å². The van der Waals surface area contributed by atoms with Crippen molar-refractivity contribution in [2.75, 3.05) is 6.61 Å². The molecule has 0 spiro atoms. The summed E-state index contributed by atoms with van der Waals surface area (Å²) in [5, 5.41) is 18.2. The molecular formula is C14H17N3O. The van der Waals surface area contributed by atoms with Gasteiger partial charge in [0.25, 0.3) is 0 Å². The van der Waals surface area contributed by atoms with Gasteiger partial charge in [-0.05, 0) is 24.1 Å². The van der Waals surface area contributed by atoms with Gasteiger partial charge in [0.05, 0.1) is 29.0 Å². The fraction of sp³-hybridized carbons (Fsp3) is 0.429. The van der Waals surface area contributed by atoms with E-state index < -0.39 is 0 Å². The summed E-state index contributed by atoms with van der Waals surface area (Å²) in [5.74, 6) is 0.642. The number of benzene rings is 1.